The van der Waals surface area contributed by atoms with Gasteiger partial charge >= 0.3 is 6.03 Å². The van der Waals surface area contributed by atoms with Crippen LogP contribution in [-0.4, -0.2) is 31.9 Å². The molecule has 1 saturated heterocycles. The number of hydrogen-bond donors (Lipinski definition) is 1. The highest BCUT2D eigenvalue weighted by molar-refractivity contribution is 6.38. The molecule has 1 fully saturated rings. The maximum atomic E-state index is 13.1. The standard InChI is InChI=1S/C25H21N3O3/c1-27(2)19-15-13-17(14-16-19)7-5-11-21-23(29)26-25(31)28(24(21)30)22-12-6-9-18-8-3-4-10-20(18)22/h3-16H,1-2H3,(H,26,29,31)/b7-5+,21-11-. The van der Waals surface area contributed by atoms with E-state index in [2.05, 4.69) is 5.32 Å². The van der Waals surface area contributed by atoms with Crippen LogP contribution in [0.15, 0.2) is 84.5 Å². The summed E-state index contributed by atoms with van der Waals surface area (Å²) >= 11 is 0. The van der Waals surface area contributed by atoms with Crippen LogP contribution < -0.4 is 15.1 Å². The molecule has 0 radical (unpaired) electrons. The van der Waals surface area contributed by atoms with Gasteiger partial charge in [-0.25, -0.2) is 9.69 Å². The lowest BCUT2D eigenvalue weighted by Crippen LogP contribution is -2.54. The summed E-state index contributed by atoms with van der Waals surface area (Å²) in [6, 6.07) is 19.9. The van der Waals surface area contributed by atoms with Gasteiger partial charge in [-0.15, -0.1) is 0 Å². The van der Waals surface area contributed by atoms with Gasteiger partial charge in [-0.3, -0.25) is 14.9 Å². The van der Waals surface area contributed by atoms with Crippen LogP contribution in [0.25, 0.3) is 16.8 Å². The molecule has 1 aliphatic heterocycles. The second kappa shape index (κ2) is 8.28. The lowest BCUT2D eigenvalue weighted by atomic mass is 10.1. The number of carbonyl (C=O) groups excluding carboxylic acids is 3. The van der Waals surface area contributed by atoms with Gasteiger partial charge in [0.15, 0.2) is 0 Å². The molecule has 0 saturated carbocycles. The van der Waals surface area contributed by atoms with Crippen molar-refractivity contribution in [2.45, 2.75) is 0 Å². The molecule has 0 atom stereocenters. The lowest BCUT2D eigenvalue weighted by Gasteiger charge is -2.27. The third-order valence-corrected chi connectivity index (χ3v) is 5.07. The van der Waals surface area contributed by atoms with Crippen LogP contribution in [0.1, 0.15) is 5.56 Å². The molecule has 0 spiro atoms. The Hall–Kier alpha value is -4.19. The van der Waals surface area contributed by atoms with Crippen LogP contribution in [0.3, 0.4) is 0 Å². The Kier molecular flexibility index (Phi) is 5.37. The zero-order valence-corrected chi connectivity index (χ0v) is 17.2. The van der Waals surface area contributed by atoms with Crippen molar-refractivity contribution in [1.29, 1.82) is 0 Å². The van der Waals surface area contributed by atoms with Crippen molar-refractivity contribution < 1.29 is 14.4 Å². The molecule has 0 aliphatic carbocycles. The SMILES string of the molecule is CN(C)c1ccc(/C=C/C=C2/C(=O)NC(=O)N(c3cccc4ccccc34)C2=O)cc1. The number of anilines is 2. The molecule has 3 aromatic rings. The number of amides is 4. The summed E-state index contributed by atoms with van der Waals surface area (Å²) < 4.78 is 0. The minimum Gasteiger partial charge on any atom is -0.378 e. The van der Waals surface area contributed by atoms with Crippen molar-refractivity contribution in [3.8, 4) is 0 Å². The molecule has 4 rings (SSSR count). The Morgan fingerprint density at radius 2 is 1.58 bits per heavy atom. The Morgan fingerprint density at radius 1 is 0.871 bits per heavy atom. The van der Waals surface area contributed by atoms with E-state index in [0.29, 0.717) is 5.69 Å². The van der Waals surface area contributed by atoms with Gasteiger partial charge < -0.3 is 4.90 Å². The predicted octanol–water partition coefficient (Wildman–Crippen LogP) is 4.13. The zero-order valence-electron chi connectivity index (χ0n) is 17.2. The first kappa shape index (κ1) is 20.1. The van der Waals surface area contributed by atoms with Gasteiger partial charge in [0, 0.05) is 25.2 Å². The van der Waals surface area contributed by atoms with E-state index in [0.717, 1.165) is 26.9 Å². The number of fused-ring (bicyclic) bond motifs is 1. The van der Waals surface area contributed by atoms with E-state index in [9.17, 15) is 14.4 Å². The van der Waals surface area contributed by atoms with Gasteiger partial charge in [0.25, 0.3) is 11.8 Å². The van der Waals surface area contributed by atoms with Crippen LogP contribution in [-0.2, 0) is 9.59 Å². The molecule has 0 aromatic heterocycles. The second-order valence-electron chi connectivity index (χ2n) is 7.32. The topological polar surface area (TPSA) is 69.7 Å². The van der Waals surface area contributed by atoms with Gasteiger partial charge in [-0.1, -0.05) is 60.7 Å². The fourth-order valence-electron chi connectivity index (χ4n) is 3.44. The molecule has 3 aromatic carbocycles. The molecule has 1 aliphatic rings. The fourth-order valence-corrected chi connectivity index (χ4v) is 3.44. The van der Waals surface area contributed by atoms with E-state index < -0.39 is 17.8 Å². The van der Waals surface area contributed by atoms with Crippen molar-refractivity contribution in [3.05, 3.63) is 90.0 Å². The van der Waals surface area contributed by atoms with Crippen LogP contribution in [0, 0.1) is 0 Å². The average Bonchev–Trinajstić information content (AvgIpc) is 2.76. The average molecular weight is 411 g/mol. The molecule has 0 unspecified atom stereocenters. The first-order valence-corrected chi connectivity index (χ1v) is 9.79. The first-order valence-electron chi connectivity index (χ1n) is 9.79. The number of urea groups is 1. The first-order chi connectivity index (χ1) is 15.0. The highest BCUT2D eigenvalue weighted by Gasteiger charge is 2.37. The molecular weight excluding hydrogens is 390 g/mol. The summed E-state index contributed by atoms with van der Waals surface area (Å²) in [6.07, 6.45) is 4.86. The number of allylic oxidation sites excluding steroid dienone is 2. The maximum Gasteiger partial charge on any atom is 0.335 e. The Balaban J connectivity index is 1.65. The largest absolute Gasteiger partial charge is 0.378 e. The van der Waals surface area contributed by atoms with Crippen LogP contribution in [0.4, 0.5) is 16.2 Å². The van der Waals surface area contributed by atoms with E-state index in [1.807, 2.05) is 73.6 Å². The predicted molar refractivity (Wildman–Crippen MR) is 123 cm³/mol. The number of imide groups is 2. The van der Waals surface area contributed by atoms with E-state index >= 15 is 0 Å². The molecule has 1 heterocycles. The van der Waals surface area contributed by atoms with E-state index in [-0.39, 0.29) is 5.57 Å². The number of hydrogen-bond acceptors (Lipinski definition) is 4. The van der Waals surface area contributed by atoms with E-state index in [4.69, 9.17) is 0 Å². The summed E-state index contributed by atoms with van der Waals surface area (Å²) in [4.78, 5) is 40.9. The van der Waals surface area contributed by atoms with Gasteiger partial charge in [0.2, 0.25) is 0 Å². The molecule has 154 valence electrons. The third-order valence-electron chi connectivity index (χ3n) is 5.07. The molecule has 31 heavy (non-hydrogen) atoms. The minimum absolute atomic E-state index is 0.103. The summed E-state index contributed by atoms with van der Waals surface area (Å²) in [5.41, 5.74) is 2.32. The van der Waals surface area contributed by atoms with Crippen molar-refractivity contribution in [3.63, 3.8) is 0 Å². The molecule has 0 bridgehead atoms. The number of rotatable bonds is 4. The summed E-state index contributed by atoms with van der Waals surface area (Å²) in [6.45, 7) is 0. The molecule has 4 amide bonds. The van der Waals surface area contributed by atoms with Crippen LogP contribution in [0.2, 0.25) is 0 Å². The fraction of sp³-hybridized carbons (Fsp3) is 0.0800. The van der Waals surface area contributed by atoms with Gasteiger partial charge in [-0.05, 0) is 35.2 Å². The quantitative estimate of drug-likeness (QED) is 0.518. The normalized spacial score (nSPS) is 15.7. The van der Waals surface area contributed by atoms with Crippen molar-refractivity contribution in [1.82, 2.24) is 5.32 Å². The summed E-state index contributed by atoms with van der Waals surface area (Å²) in [5, 5.41) is 3.90. The number of carbonyl (C=O) groups is 3. The number of nitrogens with zero attached hydrogens (tertiary/aromatic N) is 2. The molecular formula is C25H21N3O3. The molecule has 6 nitrogen and oxygen atoms in total. The van der Waals surface area contributed by atoms with Gasteiger partial charge in [-0.2, -0.15) is 0 Å². The van der Waals surface area contributed by atoms with Crippen molar-refractivity contribution >= 4 is 46.1 Å². The van der Waals surface area contributed by atoms with E-state index in [1.54, 1.807) is 24.3 Å². The second-order valence-corrected chi connectivity index (χ2v) is 7.32. The number of benzene rings is 3. The lowest BCUT2D eigenvalue weighted by molar-refractivity contribution is -0.122. The number of barbiturate groups is 1. The smallest absolute Gasteiger partial charge is 0.335 e. The maximum absolute atomic E-state index is 13.1. The monoisotopic (exact) mass is 411 g/mol. The summed E-state index contributed by atoms with van der Waals surface area (Å²) in [7, 11) is 3.93. The Labute approximate surface area is 180 Å². The van der Waals surface area contributed by atoms with E-state index in [1.165, 1.54) is 6.08 Å². The van der Waals surface area contributed by atoms with Crippen LogP contribution in [0.5, 0.6) is 0 Å². The number of nitrogens with one attached hydrogen (secondary N) is 1. The minimum atomic E-state index is -0.758. The summed E-state index contributed by atoms with van der Waals surface area (Å²) in [5.74, 6) is -1.36. The highest BCUT2D eigenvalue weighted by atomic mass is 16.2. The Bertz CT molecular complexity index is 1240. The van der Waals surface area contributed by atoms with Gasteiger partial charge in [0.1, 0.15) is 5.57 Å². The molecule has 1 N–H and O–H groups in total. The van der Waals surface area contributed by atoms with Crippen molar-refractivity contribution in [2.75, 3.05) is 23.9 Å². The molecule has 6 heteroatoms. The third kappa shape index (κ3) is 3.96. The van der Waals surface area contributed by atoms with Crippen molar-refractivity contribution in [2.24, 2.45) is 0 Å². The van der Waals surface area contributed by atoms with Gasteiger partial charge in [0.05, 0.1) is 5.69 Å². The zero-order chi connectivity index (χ0) is 22.0. The highest BCUT2D eigenvalue weighted by Crippen LogP contribution is 2.29. The van der Waals surface area contributed by atoms with Crippen LogP contribution >= 0.6 is 0 Å². The Morgan fingerprint density at radius 3 is 2.32 bits per heavy atom.